The number of nitrogens with one attached hydrogen (secondary N) is 4. The first-order chi connectivity index (χ1) is 28.9. The zero-order chi connectivity index (χ0) is 46.4. The molecule has 1 aliphatic heterocycles. The Labute approximate surface area is 370 Å². The maximum absolute atomic E-state index is 14.6. The van der Waals surface area contributed by atoms with Gasteiger partial charge in [-0.15, -0.1) is 0 Å². The standard InChI is InChI=1S/C40H64FN7O12S2/c1-38(2,3)47-25(33(52)44-15-12-31(50)58-19-32(51)57-18-23-17-24(41)34(60-23)48-16-13-29(42)46-37(48)56)20-61-27-9-10-28(27)62-21-26(35(53)54)45-30(49)11-14-40(6,7)59-22-39(4,5)36(55)43-8/h13,16,23-28,34,47H,9-12,14-15,17-22H2,1-8H3,(H,43,55)(H,44,52)(H,45,49)(H,53,54)(H2,42,46,56)/t23-,24-,25?,26?,27?,28?,34?/m1/s1. The molecule has 2 heterocycles. The predicted molar refractivity (Wildman–Crippen MR) is 231 cm³/mol. The van der Waals surface area contributed by atoms with Crippen LogP contribution in [0.3, 0.4) is 0 Å². The van der Waals surface area contributed by atoms with E-state index in [9.17, 15) is 43.1 Å². The number of hydrogen-bond donors (Lipinski definition) is 6. The van der Waals surface area contributed by atoms with Gasteiger partial charge < -0.3 is 51.1 Å². The molecule has 0 radical (unpaired) electrons. The van der Waals surface area contributed by atoms with E-state index in [2.05, 4.69) is 26.3 Å². The van der Waals surface area contributed by atoms with Crippen molar-refractivity contribution in [2.75, 3.05) is 50.7 Å². The van der Waals surface area contributed by atoms with Crippen molar-refractivity contribution < 1.29 is 57.2 Å². The van der Waals surface area contributed by atoms with E-state index in [1.165, 1.54) is 24.0 Å². The van der Waals surface area contributed by atoms with Crippen molar-refractivity contribution in [3.63, 3.8) is 0 Å². The van der Waals surface area contributed by atoms with Crippen molar-refractivity contribution in [1.82, 2.24) is 30.8 Å². The summed E-state index contributed by atoms with van der Waals surface area (Å²) in [6, 6.07) is -0.384. The number of esters is 2. The van der Waals surface area contributed by atoms with E-state index in [-0.39, 0.29) is 72.9 Å². The number of halogens is 1. The summed E-state index contributed by atoms with van der Waals surface area (Å²) in [6.07, 6.45) is -0.671. The molecule has 350 valence electrons. The SMILES string of the molecule is CNC(=O)C(C)(C)COC(C)(C)CCC(=O)NC(CSC1CCC1SCC(NC(C)(C)C)C(=O)NCCC(=O)OCC(=O)OC[C@H]1C[C@@H](F)C(n2ccc(N)nc2=O)O1)C(=O)O. The Balaban J connectivity index is 1.37. The highest BCUT2D eigenvalue weighted by molar-refractivity contribution is 8.04. The smallest absolute Gasteiger partial charge is 0.351 e. The Hall–Kier alpha value is -3.99. The Morgan fingerprint density at radius 1 is 1.00 bits per heavy atom. The van der Waals surface area contributed by atoms with E-state index in [4.69, 9.17) is 24.7 Å². The zero-order valence-electron chi connectivity index (χ0n) is 36.8. The van der Waals surface area contributed by atoms with Crippen molar-refractivity contribution in [3.05, 3.63) is 22.7 Å². The second kappa shape index (κ2) is 23.6. The van der Waals surface area contributed by atoms with Crippen LogP contribution < -0.4 is 32.7 Å². The van der Waals surface area contributed by atoms with E-state index in [0.717, 1.165) is 17.4 Å². The van der Waals surface area contributed by atoms with Crippen LogP contribution >= 0.6 is 23.5 Å². The van der Waals surface area contributed by atoms with Crippen LogP contribution in [0, 0.1) is 5.41 Å². The fourth-order valence-corrected chi connectivity index (χ4v) is 9.31. The van der Waals surface area contributed by atoms with Crippen molar-refractivity contribution in [3.8, 4) is 0 Å². The van der Waals surface area contributed by atoms with Gasteiger partial charge in [-0.2, -0.15) is 28.5 Å². The van der Waals surface area contributed by atoms with Gasteiger partial charge in [0.25, 0.3) is 0 Å². The van der Waals surface area contributed by atoms with E-state index in [1.54, 1.807) is 32.7 Å². The van der Waals surface area contributed by atoms with Gasteiger partial charge in [-0.3, -0.25) is 23.7 Å². The number of aliphatic carboxylic acids is 1. The maximum Gasteiger partial charge on any atom is 0.351 e. The van der Waals surface area contributed by atoms with E-state index in [1.807, 2.05) is 34.6 Å². The van der Waals surface area contributed by atoms with Gasteiger partial charge in [0.1, 0.15) is 24.6 Å². The Morgan fingerprint density at radius 2 is 1.65 bits per heavy atom. The van der Waals surface area contributed by atoms with Crippen LogP contribution in [-0.2, 0) is 47.7 Å². The normalized spacial score (nSPS) is 21.2. The number of carbonyl (C=O) groups excluding carboxylic acids is 5. The molecule has 22 heteroatoms. The molecule has 5 unspecified atom stereocenters. The number of nitrogen functional groups attached to an aromatic ring is 1. The number of ether oxygens (including phenoxy) is 4. The topological polar surface area (TPSA) is 269 Å². The molecule has 7 atom stereocenters. The number of thioether (sulfide) groups is 2. The molecule has 1 saturated carbocycles. The number of nitrogens with two attached hydrogens (primary N) is 1. The number of alkyl halides is 1. The molecule has 62 heavy (non-hydrogen) atoms. The molecule has 0 aromatic carbocycles. The third-order valence-electron chi connectivity index (χ3n) is 9.95. The average Bonchev–Trinajstić information content (AvgIpc) is 3.55. The number of carboxylic acid groups (broad SMARTS) is 1. The van der Waals surface area contributed by atoms with Gasteiger partial charge in [-0.1, -0.05) is 0 Å². The largest absolute Gasteiger partial charge is 0.480 e. The summed E-state index contributed by atoms with van der Waals surface area (Å²) < 4.78 is 37.1. The first kappa shape index (κ1) is 52.4. The average molecular weight is 918 g/mol. The molecular formula is C40H64FN7O12S2. The molecule has 2 fully saturated rings. The summed E-state index contributed by atoms with van der Waals surface area (Å²) in [7, 11) is 1.55. The first-order valence-corrected chi connectivity index (χ1v) is 22.6. The molecule has 7 N–H and O–H groups in total. The molecule has 2 aliphatic rings. The fourth-order valence-electron chi connectivity index (χ4n) is 6.20. The lowest BCUT2D eigenvalue weighted by molar-refractivity contribution is -0.161. The number of aromatic nitrogens is 2. The van der Waals surface area contributed by atoms with Crippen LogP contribution in [0.1, 0.15) is 93.2 Å². The first-order valence-electron chi connectivity index (χ1n) is 20.5. The Bertz CT molecular complexity index is 1780. The van der Waals surface area contributed by atoms with Crippen LogP contribution in [0.4, 0.5) is 10.2 Å². The van der Waals surface area contributed by atoms with Gasteiger partial charge in [-0.25, -0.2) is 18.8 Å². The Morgan fingerprint density at radius 3 is 2.23 bits per heavy atom. The Kier molecular flexibility index (Phi) is 19.9. The predicted octanol–water partition coefficient (Wildman–Crippen LogP) is 1.71. The van der Waals surface area contributed by atoms with Crippen LogP contribution in [0.2, 0.25) is 0 Å². The van der Waals surface area contributed by atoms with Gasteiger partial charge in [0.05, 0.1) is 36.2 Å². The summed E-state index contributed by atoms with van der Waals surface area (Å²) in [4.78, 5) is 90.4. The van der Waals surface area contributed by atoms with E-state index < -0.39 is 83.3 Å². The van der Waals surface area contributed by atoms with Gasteiger partial charge in [-0.05, 0) is 73.8 Å². The number of carbonyl (C=O) groups is 6. The molecule has 1 aromatic heterocycles. The van der Waals surface area contributed by atoms with Crippen molar-refractivity contribution in [1.29, 1.82) is 0 Å². The molecular weight excluding hydrogens is 854 g/mol. The highest BCUT2D eigenvalue weighted by Crippen LogP contribution is 2.41. The highest BCUT2D eigenvalue weighted by atomic mass is 32.2. The van der Waals surface area contributed by atoms with Gasteiger partial charge in [0, 0.05) is 60.2 Å². The van der Waals surface area contributed by atoms with Crippen molar-refractivity contribution in [2.24, 2.45) is 5.41 Å². The number of nitrogens with zero attached hydrogens (tertiary/aromatic N) is 2. The lowest BCUT2D eigenvalue weighted by atomic mass is 9.93. The lowest BCUT2D eigenvalue weighted by Crippen LogP contribution is -2.53. The molecule has 3 amide bonds. The fraction of sp³-hybridized carbons (Fsp3) is 0.750. The highest BCUT2D eigenvalue weighted by Gasteiger charge is 2.39. The monoisotopic (exact) mass is 917 g/mol. The second-order valence-corrected chi connectivity index (χ2v) is 20.1. The molecule has 1 aliphatic carbocycles. The third kappa shape index (κ3) is 17.6. The number of amides is 3. The summed E-state index contributed by atoms with van der Waals surface area (Å²) in [5, 5.41) is 21.4. The second-order valence-electron chi connectivity index (χ2n) is 17.6. The number of anilines is 1. The van der Waals surface area contributed by atoms with Crippen LogP contribution in [0.5, 0.6) is 0 Å². The minimum absolute atomic E-state index is 0.0209. The molecule has 3 rings (SSSR count). The number of carboxylic acids is 1. The molecule has 1 saturated heterocycles. The van der Waals surface area contributed by atoms with Crippen LogP contribution in [0.15, 0.2) is 17.1 Å². The molecule has 0 spiro atoms. The van der Waals surface area contributed by atoms with Gasteiger partial charge in [0.15, 0.2) is 12.8 Å². The lowest BCUT2D eigenvalue weighted by Gasteiger charge is -2.37. The van der Waals surface area contributed by atoms with Gasteiger partial charge in [0.2, 0.25) is 17.7 Å². The maximum atomic E-state index is 14.6. The summed E-state index contributed by atoms with van der Waals surface area (Å²) in [5.74, 6) is -3.14. The van der Waals surface area contributed by atoms with Gasteiger partial charge >= 0.3 is 23.6 Å². The van der Waals surface area contributed by atoms with Crippen molar-refractivity contribution in [2.45, 2.75) is 139 Å². The molecule has 1 aromatic rings. The van der Waals surface area contributed by atoms with E-state index >= 15 is 0 Å². The quantitative estimate of drug-likeness (QED) is 0.0763. The summed E-state index contributed by atoms with van der Waals surface area (Å²) in [6.45, 7) is 12.0. The molecule has 0 bridgehead atoms. The minimum Gasteiger partial charge on any atom is -0.480 e. The summed E-state index contributed by atoms with van der Waals surface area (Å²) >= 11 is 3.07. The van der Waals surface area contributed by atoms with Crippen LogP contribution in [-0.4, -0.2) is 141 Å². The zero-order valence-corrected chi connectivity index (χ0v) is 38.4. The number of hydrogen-bond acceptors (Lipinski definition) is 16. The minimum atomic E-state index is -1.56. The van der Waals surface area contributed by atoms with E-state index in [0.29, 0.717) is 12.2 Å². The van der Waals surface area contributed by atoms with Crippen LogP contribution in [0.25, 0.3) is 0 Å². The molecule has 19 nitrogen and oxygen atoms in total. The number of rotatable bonds is 25. The summed E-state index contributed by atoms with van der Waals surface area (Å²) in [5.41, 5.74) is 2.79. The van der Waals surface area contributed by atoms with Crippen molar-refractivity contribution >= 4 is 65.0 Å². The third-order valence-corrected chi connectivity index (χ3v) is 13.2.